The summed E-state index contributed by atoms with van der Waals surface area (Å²) in [6.45, 7) is 0. The summed E-state index contributed by atoms with van der Waals surface area (Å²) in [6, 6.07) is 13.9. The average molecular weight is 368 g/mol. The van der Waals surface area contributed by atoms with E-state index in [1.165, 1.54) is 30.3 Å². The molecule has 0 amide bonds. The molecular formula is C18H13FN4O2S. The van der Waals surface area contributed by atoms with Crippen molar-refractivity contribution in [1.29, 1.82) is 0 Å². The number of rotatable bonds is 4. The molecule has 26 heavy (non-hydrogen) atoms. The van der Waals surface area contributed by atoms with E-state index in [1.807, 2.05) is 24.3 Å². The maximum absolute atomic E-state index is 13.0. The lowest BCUT2D eigenvalue weighted by Crippen LogP contribution is -2.15. The highest BCUT2D eigenvalue weighted by Gasteiger charge is 2.19. The minimum absolute atomic E-state index is 0.128. The number of nitrogens with one attached hydrogen (secondary N) is 2. The van der Waals surface area contributed by atoms with Crippen LogP contribution in [0.2, 0.25) is 0 Å². The zero-order chi connectivity index (χ0) is 18.1. The summed E-state index contributed by atoms with van der Waals surface area (Å²) in [7, 11) is -3.95. The second kappa shape index (κ2) is 6.23. The number of aromatic nitrogens is 3. The monoisotopic (exact) mass is 368 g/mol. The molecule has 2 aromatic carbocycles. The first kappa shape index (κ1) is 16.2. The van der Waals surface area contributed by atoms with Crippen molar-refractivity contribution in [2.45, 2.75) is 5.03 Å². The molecule has 2 heterocycles. The van der Waals surface area contributed by atoms with E-state index in [1.54, 1.807) is 12.4 Å². The Morgan fingerprint density at radius 3 is 2.54 bits per heavy atom. The molecule has 0 aliphatic heterocycles. The van der Waals surface area contributed by atoms with Gasteiger partial charge in [0.2, 0.25) is 0 Å². The summed E-state index contributed by atoms with van der Waals surface area (Å²) < 4.78 is 41.0. The number of H-pyrrole nitrogens is 1. The predicted molar refractivity (Wildman–Crippen MR) is 96.5 cm³/mol. The number of pyridine rings is 1. The topological polar surface area (TPSA) is 87.7 Å². The van der Waals surface area contributed by atoms with Crippen LogP contribution in [0.15, 0.2) is 72.0 Å². The van der Waals surface area contributed by atoms with Crippen molar-refractivity contribution in [3.05, 3.63) is 72.8 Å². The number of halogens is 1. The normalized spacial score (nSPS) is 11.6. The average Bonchev–Trinajstić information content (AvgIpc) is 3.17. The number of hydrogen-bond acceptors (Lipinski definition) is 4. The van der Waals surface area contributed by atoms with Gasteiger partial charge in [0.05, 0.1) is 11.9 Å². The lowest BCUT2D eigenvalue weighted by molar-refractivity contribution is 0.597. The Kier molecular flexibility index (Phi) is 3.89. The lowest BCUT2D eigenvalue weighted by atomic mass is 10.1. The van der Waals surface area contributed by atoms with E-state index in [0.29, 0.717) is 11.3 Å². The minimum atomic E-state index is -3.95. The van der Waals surface area contributed by atoms with Crippen molar-refractivity contribution < 1.29 is 12.8 Å². The molecule has 8 heteroatoms. The Morgan fingerprint density at radius 1 is 1.04 bits per heavy atom. The zero-order valence-electron chi connectivity index (χ0n) is 13.3. The molecule has 0 spiro atoms. The predicted octanol–water partition coefficient (Wildman–Crippen LogP) is 3.56. The molecule has 0 unspecified atom stereocenters. The van der Waals surface area contributed by atoms with Gasteiger partial charge in [-0.25, -0.2) is 9.37 Å². The summed E-state index contributed by atoms with van der Waals surface area (Å²) in [5, 5.41) is 8.03. The van der Waals surface area contributed by atoms with Gasteiger partial charge in [0, 0.05) is 22.8 Å². The van der Waals surface area contributed by atoms with Gasteiger partial charge >= 0.3 is 0 Å². The summed E-state index contributed by atoms with van der Waals surface area (Å²) in [5.41, 5.74) is 1.45. The Labute approximate surface area is 148 Å². The van der Waals surface area contributed by atoms with Crippen LogP contribution >= 0.6 is 0 Å². The first-order chi connectivity index (χ1) is 12.5. The molecule has 0 radical (unpaired) electrons. The zero-order valence-corrected chi connectivity index (χ0v) is 14.2. The summed E-state index contributed by atoms with van der Waals surface area (Å²) in [5.74, 6) is -0.445. The van der Waals surface area contributed by atoms with Crippen LogP contribution in [0.5, 0.6) is 0 Å². The fourth-order valence-electron chi connectivity index (χ4n) is 2.64. The Morgan fingerprint density at radius 2 is 1.81 bits per heavy atom. The Bertz CT molecular complexity index is 1170. The quantitative estimate of drug-likeness (QED) is 0.576. The van der Waals surface area contributed by atoms with Crippen molar-refractivity contribution in [2.75, 3.05) is 4.72 Å². The molecule has 4 aromatic rings. The third-order valence-corrected chi connectivity index (χ3v) is 5.12. The molecule has 0 bridgehead atoms. The van der Waals surface area contributed by atoms with Gasteiger partial charge in [-0.3, -0.25) is 9.82 Å². The summed E-state index contributed by atoms with van der Waals surface area (Å²) in [6.07, 6.45) is 3.23. The maximum Gasteiger partial charge on any atom is 0.279 e. The number of aromatic amines is 1. The number of anilines is 1. The molecule has 130 valence electrons. The molecule has 0 saturated carbocycles. The SMILES string of the molecule is O=S(=O)(Nc1ccc(F)cc1)c1cc2ccccc2c(-c2cn[nH]c2)n1. The number of sulfonamides is 1. The Hall–Kier alpha value is -3.26. The molecule has 0 aliphatic rings. The third-order valence-electron chi connectivity index (χ3n) is 3.86. The van der Waals surface area contributed by atoms with Gasteiger partial charge in [-0.05, 0) is 35.7 Å². The molecule has 0 saturated heterocycles. The standard InChI is InChI=1S/C18H13FN4O2S/c19-14-5-7-15(8-6-14)23-26(24,25)17-9-12-3-1-2-4-16(12)18(22-17)13-10-20-21-11-13/h1-11,23H,(H,20,21). The molecular weight excluding hydrogens is 355 g/mol. The van der Waals surface area contributed by atoms with E-state index in [4.69, 9.17) is 0 Å². The molecule has 4 rings (SSSR count). The first-order valence-corrected chi connectivity index (χ1v) is 9.18. The van der Waals surface area contributed by atoms with Crippen LogP contribution in [0.1, 0.15) is 0 Å². The molecule has 0 fully saturated rings. The molecule has 6 nitrogen and oxygen atoms in total. The van der Waals surface area contributed by atoms with Crippen LogP contribution in [0.4, 0.5) is 10.1 Å². The number of benzene rings is 2. The van der Waals surface area contributed by atoms with Gasteiger partial charge in [0.15, 0.2) is 5.03 Å². The highest BCUT2D eigenvalue weighted by molar-refractivity contribution is 7.92. The van der Waals surface area contributed by atoms with Crippen molar-refractivity contribution in [3.8, 4) is 11.3 Å². The van der Waals surface area contributed by atoms with Crippen molar-refractivity contribution >= 4 is 26.5 Å². The van der Waals surface area contributed by atoms with Crippen LogP contribution < -0.4 is 4.72 Å². The van der Waals surface area contributed by atoms with E-state index < -0.39 is 15.8 Å². The molecule has 0 atom stereocenters. The van der Waals surface area contributed by atoms with Crippen molar-refractivity contribution in [2.24, 2.45) is 0 Å². The maximum atomic E-state index is 13.0. The highest BCUT2D eigenvalue weighted by Crippen LogP contribution is 2.29. The Balaban J connectivity index is 1.84. The largest absolute Gasteiger partial charge is 0.285 e. The van der Waals surface area contributed by atoms with Crippen LogP contribution in [0.3, 0.4) is 0 Å². The van der Waals surface area contributed by atoms with Crippen molar-refractivity contribution in [1.82, 2.24) is 15.2 Å². The molecule has 2 N–H and O–H groups in total. The van der Waals surface area contributed by atoms with Crippen LogP contribution in [0.25, 0.3) is 22.0 Å². The van der Waals surface area contributed by atoms with Crippen LogP contribution in [-0.4, -0.2) is 23.6 Å². The second-order valence-electron chi connectivity index (χ2n) is 5.63. The van der Waals surface area contributed by atoms with Gasteiger partial charge in [-0.15, -0.1) is 0 Å². The van der Waals surface area contributed by atoms with E-state index in [-0.39, 0.29) is 10.7 Å². The van der Waals surface area contributed by atoms with Gasteiger partial charge in [0.25, 0.3) is 10.0 Å². The fourth-order valence-corrected chi connectivity index (χ4v) is 3.68. The highest BCUT2D eigenvalue weighted by atomic mass is 32.2. The smallest absolute Gasteiger partial charge is 0.279 e. The second-order valence-corrected chi connectivity index (χ2v) is 7.26. The van der Waals surface area contributed by atoms with Crippen LogP contribution in [0, 0.1) is 5.82 Å². The van der Waals surface area contributed by atoms with Gasteiger partial charge < -0.3 is 0 Å². The number of nitrogens with zero attached hydrogens (tertiary/aromatic N) is 2. The summed E-state index contributed by atoms with van der Waals surface area (Å²) in [4.78, 5) is 4.34. The minimum Gasteiger partial charge on any atom is -0.285 e. The van der Waals surface area contributed by atoms with E-state index in [0.717, 1.165) is 10.8 Å². The first-order valence-electron chi connectivity index (χ1n) is 7.70. The number of fused-ring (bicyclic) bond motifs is 1. The van der Waals surface area contributed by atoms with E-state index in [9.17, 15) is 12.8 Å². The lowest BCUT2D eigenvalue weighted by Gasteiger charge is -2.11. The van der Waals surface area contributed by atoms with Crippen molar-refractivity contribution in [3.63, 3.8) is 0 Å². The van der Waals surface area contributed by atoms with Crippen LogP contribution in [-0.2, 0) is 10.0 Å². The molecule has 0 aliphatic carbocycles. The van der Waals surface area contributed by atoms with Gasteiger partial charge in [-0.1, -0.05) is 24.3 Å². The summed E-state index contributed by atoms with van der Waals surface area (Å²) >= 11 is 0. The fraction of sp³-hybridized carbons (Fsp3) is 0. The van der Waals surface area contributed by atoms with E-state index >= 15 is 0 Å². The molecule has 2 aromatic heterocycles. The van der Waals surface area contributed by atoms with E-state index in [2.05, 4.69) is 19.9 Å². The van der Waals surface area contributed by atoms with Gasteiger partial charge in [0.1, 0.15) is 5.82 Å². The third kappa shape index (κ3) is 3.02. The van der Waals surface area contributed by atoms with Gasteiger partial charge in [-0.2, -0.15) is 13.5 Å². The number of hydrogen-bond donors (Lipinski definition) is 2.